The van der Waals surface area contributed by atoms with Crippen molar-refractivity contribution in [3.63, 3.8) is 0 Å². The topological polar surface area (TPSA) is 82.5 Å². The fourth-order valence-corrected chi connectivity index (χ4v) is 3.47. The van der Waals surface area contributed by atoms with E-state index in [1.807, 2.05) is 54.9 Å². The van der Waals surface area contributed by atoms with E-state index in [-0.39, 0.29) is 18.9 Å². The Morgan fingerprint density at radius 2 is 1.82 bits per heavy atom. The molecule has 6 nitrogen and oxygen atoms in total. The summed E-state index contributed by atoms with van der Waals surface area (Å²) in [5, 5.41) is 14.2. The van der Waals surface area contributed by atoms with Gasteiger partial charge in [0.25, 0.3) is 5.91 Å². The van der Waals surface area contributed by atoms with Gasteiger partial charge in [0.1, 0.15) is 0 Å². The molecule has 0 aliphatic rings. The van der Waals surface area contributed by atoms with Gasteiger partial charge in [-0.15, -0.1) is 11.3 Å². The first-order valence-corrected chi connectivity index (χ1v) is 9.72. The normalized spacial score (nSPS) is 10.5. The number of carboxylic acid groups (broad SMARTS) is 1. The standard InChI is InChI=1S/C21H21N3O3S/c1-24(21-23-18(14-28-21)16-5-3-2-4-6-16)13-15-7-9-17(10-8-15)20(27)22-12-11-19(25)26/h2-10,14H,11-13H2,1H3,(H,22,27)(H,25,26). The zero-order valence-corrected chi connectivity index (χ0v) is 16.3. The molecule has 3 rings (SSSR count). The molecule has 1 aromatic heterocycles. The molecule has 0 spiro atoms. The van der Waals surface area contributed by atoms with Crippen molar-refractivity contribution in [1.82, 2.24) is 10.3 Å². The maximum absolute atomic E-state index is 12.0. The van der Waals surface area contributed by atoms with Crippen LogP contribution in [-0.2, 0) is 11.3 Å². The summed E-state index contributed by atoms with van der Waals surface area (Å²) < 4.78 is 0. The quantitative estimate of drug-likeness (QED) is 0.608. The van der Waals surface area contributed by atoms with E-state index >= 15 is 0 Å². The molecule has 0 aliphatic carbocycles. The highest BCUT2D eigenvalue weighted by atomic mass is 32.1. The maximum Gasteiger partial charge on any atom is 0.305 e. The van der Waals surface area contributed by atoms with E-state index < -0.39 is 5.97 Å². The Morgan fingerprint density at radius 3 is 2.50 bits per heavy atom. The Hall–Kier alpha value is -3.19. The van der Waals surface area contributed by atoms with Gasteiger partial charge in [0.2, 0.25) is 0 Å². The van der Waals surface area contributed by atoms with Gasteiger partial charge in [0.15, 0.2) is 5.13 Å². The van der Waals surface area contributed by atoms with Gasteiger partial charge < -0.3 is 15.3 Å². The average Bonchev–Trinajstić information content (AvgIpc) is 3.19. The molecule has 1 amide bonds. The number of hydrogen-bond acceptors (Lipinski definition) is 5. The molecule has 0 saturated heterocycles. The maximum atomic E-state index is 12.0. The number of hydrogen-bond donors (Lipinski definition) is 2. The predicted molar refractivity (Wildman–Crippen MR) is 111 cm³/mol. The summed E-state index contributed by atoms with van der Waals surface area (Å²) in [7, 11) is 1.99. The lowest BCUT2D eigenvalue weighted by Crippen LogP contribution is -2.26. The molecule has 7 heteroatoms. The molecular weight excluding hydrogens is 374 g/mol. The van der Waals surface area contributed by atoms with E-state index in [0.717, 1.165) is 22.0 Å². The van der Waals surface area contributed by atoms with Crippen LogP contribution in [0.2, 0.25) is 0 Å². The molecule has 2 aromatic carbocycles. The summed E-state index contributed by atoms with van der Waals surface area (Å²) in [5.74, 6) is -1.20. The van der Waals surface area contributed by atoms with E-state index in [1.165, 1.54) is 0 Å². The van der Waals surface area contributed by atoms with E-state index in [9.17, 15) is 9.59 Å². The third-order valence-electron chi connectivity index (χ3n) is 4.15. The van der Waals surface area contributed by atoms with Crippen molar-refractivity contribution in [3.8, 4) is 11.3 Å². The largest absolute Gasteiger partial charge is 0.481 e. The van der Waals surface area contributed by atoms with Gasteiger partial charge in [-0.3, -0.25) is 9.59 Å². The van der Waals surface area contributed by atoms with Crippen LogP contribution in [0.15, 0.2) is 60.0 Å². The van der Waals surface area contributed by atoms with E-state index in [4.69, 9.17) is 10.1 Å². The van der Waals surface area contributed by atoms with Crippen LogP contribution in [0.5, 0.6) is 0 Å². The minimum absolute atomic E-state index is 0.0899. The van der Waals surface area contributed by atoms with Crippen molar-refractivity contribution < 1.29 is 14.7 Å². The van der Waals surface area contributed by atoms with E-state index in [0.29, 0.717) is 12.1 Å². The Labute approximate surface area is 167 Å². The number of rotatable bonds is 8. The monoisotopic (exact) mass is 395 g/mol. The molecule has 144 valence electrons. The third kappa shape index (κ3) is 5.17. The molecule has 0 atom stereocenters. The fourth-order valence-electron chi connectivity index (χ4n) is 2.67. The van der Waals surface area contributed by atoms with Crippen LogP contribution in [-0.4, -0.2) is 35.6 Å². The first-order valence-electron chi connectivity index (χ1n) is 8.84. The van der Waals surface area contributed by atoms with E-state index in [2.05, 4.69) is 10.2 Å². The Morgan fingerprint density at radius 1 is 1.11 bits per heavy atom. The zero-order valence-electron chi connectivity index (χ0n) is 15.5. The predicted octanol–water partition coefficient (Wildman–Crippen LogP) is 3.65. The molecule has 0 saturated carbocycles. The van der Waals surface area contributed by atoms with Gasteiger partial charge in [0.05, 0.1) is 12.1 Å². The second kappa shape index (κ2) is 9.14. The van der Waals surface area contributed by atoms with Crippen LogP contribution in [0.3, 0.4) is 0 Å². The highest BCUT2D eigenvalue weighted by Gasteiger charge is 2.10. The molecule has 3 aromatic rings. The smallest absolute Gasteiger partial charge is 0.305 e. The molecule has 1 heterocycles. The number of carboxylic acids is 1. The lowest BCUT2D eigenvalue weighted by atomic mass is 10.1. The van der Waals surface area contributed by atoms with Gasteiger partial charge in [-0.2, -0.15) is 0 Å². The summed E-state index contributed by atoms with van der Waals surface area (Å²) in [6, 6.07) is 17.3. The van der Waals surface area contributed by atoms with Crippen molar-refractivity contribution in [3.05, 3.63) is 71.1 Å². The molecule has 0 aliphatic heterocycles. The second-order valence-electron chi connectivity index (χ2n) is 6.33. The summed E-state index contributed by atoms with van der Waals surface area (Å²) in [6.07, 6.45) is -0.0899. The van der Waals surface area contributed by atoms with Gasteiger partial charge in [-0.25, -0.2) is 4.98 Å². The average molecular weight is 395 g/mol. The first-order chi connectivity index (χ1) is 13.5. The second-order valence-corrected chi connectivity index (χ2v) is 7.17. The fraction of sp³-hybridized carbons (Fsp3) is 0.190. The Balaban J connectivity index is 1.59. The SMILES string of the molecule is CN(Cc1ccc(C(=O)NCCC(=O)O)cc1)c1nc(-c2ccccc2)cs1. The highest BCUT2D eigenvalue weighted by Crippen LogP contribution is 2.27. The van der Waals surface area contributed by atoms with Crippen molar-refractivity contribution in [2.45, 2.75) is 13.0 Å². The van der Waals surface area contributed by atoms with Crippen molar-refractivity contribution in [2.24, 2.45) is 0 Å². The van der Waals surface area contributed by atoms with Crippen LogP contribution in [0.25, 0.3) is 11.3 Å². The summed E-state index contributed by atoms with van der Waals surface area (Å²) in [6.45, 7) is 0.787. The third-order valence-corrected chi connectivity index (χ3v) is 5.10. The van der Waals surface area contributed by atoms with Crippen molar-refractivity contribution in [1.29, 1.82) is 0 Å². The molecule has 0 bridgehead atoms. The Bertz CT molecular complexity index is 939. The molecule has 0 radical (unpaired) electrons. The Kier molecular flexibility index (Phi) is 6.39. The number of amides is 1. The number of nitrogens with one attached hydrogen (secondary N) is 1. The van der Waals surface area contributed by atoms with Crippen LogP contribution < -0.4 is 10.2 Å². The number of carbonyl (C=O) groups is 2. The number of anilines is 1. The van der Waals surface area contributed by atoms with Crippen LogP contribution in [0.1, 0.15) is 22.3 Å². The van der Waals surface area contributed by atoms with Gasteiger partial charge >= 0.3 is 5.97 Å². The number of aromatic nitrogens is 1. The molecule has 28 heavy (non-hydrogen) atoms. The van der Waals surface area contributed by atoms with E-state index in [1.54, 1.807) is 23.5 Å². The summed E-state index contributed by atoms with van der Waals surface area (Å²) in [5.41, 5.74) is 3.62. The number of carbonyl (C=O) groups excluding carboxylic acids is 1. The van der Waals surface area contributed by atoms with Gasteiger partial charge in [-0.1, -0.05) is 42.5 Å². The number of benzene rings is 2. The van der Waals surface area contributed by atoms with Crippen LogP contribution >= 0.6 is 11.3 Å². The minimum Gasteiger partial charge on any atom is -0.481 e. The highest BCUT2D eigenvalue weighted by molar-refractivity contribution is 7.14. The van der Waals surface area contributed by atoms with Crippen LogP contribution in [0, 0.1) is 0 Å². The number of thiazole rings is 1. The minimum atomic E-state index is -0.934. The van der Waals surface area contributed by atoms with Crippen molar-refractivity contribution in [2.75, 3.05) is 18.5 Å². The number of aliphatic carboxylic acids is 1. The van der Waals surface area contributed by atoms with Crippen LogP contribution in [0.4, 0.5) is 5.13 Å². The summed E-state index contributed by atoms with van der Waals surface area (Å²) in [4.78, 5) is 29.3. The zero-order chi connectivity index (χ0) is 19.9. The first kappa shape index (κ1) is 19.6. The summed E-state index contributed by atoms with van der Waals surface area (Å²) >= 11 is 1.59. The lowest BCUT2D eigenvalue weighted by Gasteiger charge is -2.16. The van der Waals surface area contributed by atoms with Gasteiger partial charge in [-0.05, 0) is 17.7 Å². The molecule has 2 N–H and O–H groups in total. The lowest BCUT2D eigenvalue weighted by molar-refractivity contribution is -0.136. The number of nitrogens with zero attached hydrogens (tertiary/aromatic N) is 2. The molecule has 0 unspecified atom stereocenters. The molecular formula is C21H21N3O3S. The molecule has 0 fully saturated rings. The van der Waals surface area contributed by atoms with Crippen molar-refractivity contribution >= 4 is 28.3 Å². The van der Waals surface area contributed by atoms with Gasteiger partial charge in [0, 0.05) is 36.6 Å².